The Kier molecular flexibility index (Phi) is 5.10. The highest BCUT2D eigenvalue weighted by Gasteiger charge is 2.16. The summed E-state index contributed by atoms with van der Waals surface area (Å²) in [6.07, 6.45) is 0.998. The molecular formula is C17H16O4. The van der Waals surface area contributed by atoms with Gasteiger partial charge in [0.15, 0.2) is 0 Å². The molecule has 0 unspecified atom stereocenters. The Labute approximate surface area is 123 Å². The normalized spacial score (nSPS) is 9.95. The number of carbonyl (C=O) groups excluding carboxylic acids is 2. The summed E-state index contributed by atoms with van der Waals surface area (Å²) >= 11 is 0. The molecule has 0 atom stereocenters. The minimum Gasteiger partial charge on any atom is -0.426 e. The number of para-hydroxylation sites is 2. The van der Waals surface area contributed by atoms with Gasteiger partial charge >= 0.3 is 11.9 Å². The van der Waals surface area contributed by atoms with Crippen molar-refractivity contribution in [2.45, 2.75) is 19.8 Å². The standard InChI is InChI=1S/C17H16O4/c1-2-8-16(18)21-15-12-7-6-11-14(15)17(19)20-13-9-4-3-5-10-13/h3-7,9-12H,2,8H2,1H3. The maximum atomic E-state index is 12.2. The number of esters is 2. The predicted octanol–water partition coefficient (Wildman–Crippen LogP) is 3.61. The van der Waals surface area contributed by atoms with Gasteiger partial charge in [-0.2, -0.15) is 0 Å². The van der Waals surface area contributed by atoms with Crippen LogP contribution in [-0.4, -0.2) is 11.9 Å². The molecule has 0 amide bonds. The van der Waals surface area contributed by atoms with Crippen LogP contribution in [0.25, 0.3) is 0 Å². The second-order valence-electron chi connectivity index (χ2n) is 4.42. The minimum absolute atomic E-state index is 0.219. The van der Waals surface area contributed by atoms with E-state index in [2.05, 4.69) is 0 Å². The summed E-state index contributed by atoms with van der Waals surface area (Å²) < 4.78 is 10.5. The molecule has 4 nitrogen and oxygen atoms in total. The number of benzene rings is 2. The molecule has 0 bridgehead atoms. The Morgan fingerprint density at radius 3 is 2.29 bits per heavy atom. The smallest absolute Gasteiger partial charge is 0.347 e. The SMILES string of the molecule is CCCC(=O)Oc1ccccc1C(=O)Oc1ccccc1. The Balaban J connectivity index is 2.15. The van der Waals surface area contributed by atoms with Gasteiger partial charge in [-0.05, 0) is 30.7 Å². The minimum atomic E-state index is -0.555. The molecular weight excluding hydrogens is 268 g/mol. The second-order valence-corrected chi connectivity index (χ2v) is 4.42. The van der Waals surface area contributed by atoms with Crippen LogP contribution in [0.15, 0.2) is 54.6 Å². The number of hydrogen-bond donors (Lipinski definition) is 0. The highest BCUT2D eigenvalue weighted by molar-refractivity contribution is 5.94. The summed E-state index contributed by atoms with van der Waals surface area (Å²) in [6.45, 7) is 1.89. The topological polar surface area (TPSA) is 52.6 Å². The molecule has 2 aromatic rings. The molecule has 4 heteroatoms. The molecule has 0 saturated carbocycles. The van der Waals surface area contributed by atoms with Crippen molar-refractivity contribution < 1.29 is 19.1 Å². The first kappa shape index (κ1) is 14.8. The van der Waals surface area contributed by atoms with E-state index in [1.165, 1.54) is 0 Å². The van der Waals surface area contributed by atoms with Crippen molar-refractivity contribution in [3.8, 4) is 11.5 Å². The van der Waals surface area contributed by atoms with Crippen LogP contribution in [0.5, 0.6) is 11.5 Å². The third-order valence-corrected chi connectivity index (χ3v) is 2.74. The lowest BCUT2D eigenvalue weighted by Crippen LogP contribution is -2.14. The van der Waals surface area contributed by atoms with Gasteiger partial charge in [0.1, 0.15) is 17.1 Å². The predicted molar refractivity (Wildman–Crippen MR) is 78.4 cm³/mol. The van der Waals surface area contributed by atoms with Crippen molar-refractivity contribution >= 4 is 11.9 Å². The zero-order valence-corrected chi connectivity index (χ0v) is 11.7. The fourth-order valence-corrected chi connectivity index (χ4v) is 1.75. The average molecular weight is 284 g/mol. The summed E-state index contributed by atoms with van der Waals surface area (Å²) in [5.74, 6) is -0.257. The molecule has 0 fully saturated rings. The molecule has 2 aromatic carbocycles. The fourth-order valence-electron chi connectivity index (χ4n) is 1.75. The number of hydrogen-bond acceptors (Lipinski definition) is 4. The Morgan fingerprint density at radius 2 is 1.57 bits per heavy atom. The molecule has 0 saturated heterocycles. The van der Waals surface area contributed by atoms with Crippen LogP contribution in [0.3, 0.4) is 0 Å². The lowest BCUT2D eigenvalue weighted by molar-refractivity contribution is -0.134. The van der Waals surface area contributed by atoms with E-state index in [4.69, 9.17) is 9.47 Å². The van der Waals surface area contributed by atoms with Gasteiger partial charge in [-0.1, -0.05) is 37.3 Å². The molecule has 0 aliphatic carbocycles. The van der Waals surface area contributed by atoms with Crippen LogP contribution in [0.1, 0.15) is 30.1 Å². The summed E-state index contributed by atoms with van der Waals surface area (Å²) in [6, 6.07) is 15.3. The zero-order valence-electron chi connectivity index (χ0n) is 11.7. The average Bonchev–Trinajstić information content (AvgIpc) is 2.49. The van der Waals surface area contributed by atoms with Gasteiger partial charge in [-0.25, -0.2) is 4.79 Å². The van der Waals surface area contributed by atoms with Gasteiger partial charge in [-0.3, -0.25) is 4.79 Å². The quantitative estimate of drug-likeness (QED) is 0.621. The summed E-state index contributed by atoms with van der Waals surface area (Å²) in [5, 5.41) is 0. The van der Waals surface area contributed by atoms with Crippen LogP contribution < -0.4 is 9.47 Å². The molecule has 0 heterocycles. The van der Waals surface area contributed by atoms with Crippen LogP contribution in [0.4, 0.5) is 0 Å². The molecule has 21 heavy (non-hydrogen) atoms. The van der Waals surface area contributed by atoms with Crippen molar-refractivity contribution in [1.82, 2.24) is 0 Å². The third-order valence-electron chi connectivity index (χ3n) is 2.74. The highest BCUT2D eigenvalue weighted by atomic mass is 16.5. The molecule has 0 aromatic heterocycles. The van der Waals surface area contributed by atoms with Gasteiger partial charge in [-0.15, -0.1) is 0 Å². The van der Waals surface area contributed by atoms with Crippen molar-refractivity contribution in [3.05, 3.63) is 60.2 Å². The molecule has 0 aliphatic heterocycles. The first-order valence-corrected chi connectivity index (χ1v) is 6.77. The first-order chi connectivity index (χ1) is 10.2. The van der Waals surface area contributed by atoms with Gasteiger partial charge in [0.2, 0.25) is 0 Å². The van der Waals surface area contributed by atoms with E-state index in [0.717, 1.165) is 0 Å². The summed E-state index contributed by atoms with van der Waals surface area (Å²) in [5.41, 5.74) is 0.228. The van der Waals surface area contributed by atoms with Crippen molar-refractivity contribution in [3.63, 3.8) is 0 Å². The van der Waals surface area contributed by atoms with E-state index in [1.807, 2.05) is 13.0 Å². The van der Waals surface area contributed by atoms with E-state index < -0.39 is 5.97 Å². The second kappa shape index (κ2) is 7.24. The van der Waals surface area contributed by atoms with Crippen molar-refractivity contribution in [1.29, 1.82) is 0 Å². The highest BCUT2D eigenvalue weighted by Crippen LogP contribution is 2.21. The lowest BCUT2D eigenvalue weighted by Gasteiger charge is -2.09. The molecule has 0 N–H and O–H groups in total. The van der Waals surface area contributed by atoms with Crippen molar-refractivity contribution in [2.24, 2.45) is 0 Å². The Morgan fingerprint density at radius 1 is 0.905 bits per heavy atom. The molecule has 2 rings (SSSR count). The molecule has 0 aliphatic rings. The van der Waals surface area contributed by atoms with Crippen LogP contribution in [0, 0.1) is 0 Å². The summed E-state index contributed by atoms with van der Waals surface area (Å²) in [4.78, 5) is 23.7. The van der Waals surface area contributed by atoms with E-state index in [-0.39, 0.29) is 17.3 Å². The van der Waals surface area contributed by atoms with Crippen LogP contribution in [0.2, 0.25) is 0 Å². The van der Waals surface area contributed by atoms with Gasteiger partial charge in [0.05, 0.1) is 0 Å². The van der Waals surface area contributed by atoms with Crippen molar-refractivity contribution in [2.75, 3.05) is 0 Å². The van der Waals surface area contributed by atoms with Crippen LogP contribution in [-0.2, 0) is 4.79 Å². The largest absolute Gasteiger partial charge is 0.426 e. The third kappa shape index (κ3) is 4.18. The number of rotatable bonds is 5. The molecule has 108 valence electrons. The molecule has 0 spiro atoms. The zero-order chi connectivity index (χ0) is 15.1. The van der Waals surface area contributed by atoms with E-state index in [9.17, 15) is 9.59 Å². The number of ether oxygens (including phenoxy) is 2. The monoisotopic (exact) mass is 284 g/mol. The number of carbonyl (C=O) groups is 2. The van der Waals surface area contributed by atoms with Gasteiger partial charge in [0.25, 0.3) is 0 Å². The van der Waals surface area contributed by atoms with Gasteiger partial charge < -0.3 is 9.47 Å². The Hall–Kier alpha value is -2.62. The molecule has 0 radical (unpaired) electrons. The summed E-state index contributed by atoms with van der Waals surface area (Å²) in [7, 11) is 0. The maximum Gasteiger partial charge on any atom is 0.347 e. The Bertz CT molecular complexity index is 620. The first-order valence-electron chi connectivity index (χ1n) is 6.77. The van der Waals surface area contributed by atoms with E-state index in [0.29, 0.717) is 18.6 Å². The van der Waals surface area contributed by atoms with E-state index in [1.54, 1.807) is 48.5 Å². The fraction of sp³-hybridized carbons (Fsp3) is 0.176. The van der Waals surface area contributed by atoms with Crippen LogP contribution >= 0.6 is 0 Å². The maximum absolute atomic E-state index is 12.2. The van der Waals surface area contributed by atoms with E-state index >= 15 is 0 Å². The van der Waals surface area contributed by atoms with Gasteiger partial charge in [0, 0.05) is 6.42 Å². The lowest BCUT2D eigenvalue weighted by atomic mass is 10.2.